The third-order valence-electron chi connectivity index (χ3n) is 5.48. The SMILES string of the molecule is Cc1[nH]c(/C=C2\C(=O)Nc3ccc(F)cc32)c(C)c1C(=O)N[C@]1(C)CON(C(N)=O)C1=O. The zero-order valence-electron chi connectivity index (χ0n) is 17.5. The fourth-order valence-electron chi connectivity index (χ4n) is 3.81. The molecular weight excluding hydrogens is 421 g/mol. The molecule has 0 spiro atoms. The van der Waals surface area contributed by atoms with Crippen LogP contribution in [0, 0.1) is 19.7 Å². The maximum Gasteiger partial charge on any atom is 0.346 e. The van der Waals surface area contributed by atoms with Crippen LogP contribution < -0.4 is 16.4 Å². The number of aromatic nitrogens is 1. The molecule has 11 heteroatoms. The lowest BCUT2D eigenvalue weighted by molar-refractivity contribution is -0.147. The highest BCUT2D eigenvalue weighted by Gasteiger charge is 2.48. The summed E-state index contributed by atoms with van der Waals surface area (Å²) in [5.41, 5.74) is 6.53. The number of amides is 5. The van der Waals surface area contributed by atoms with Crippen LogP contribution >= 0.6 is 0 Å². The van der Waals surface area contributed by atoms with Crippen molar-refractivity contribution in [2.24, 2.45) is 5.73 Å². The van der Waals surface area contributed by atoms with E-state index in [1.165, 1.54) is 25.1 Å². The van der Waals surface area contributed by atoms with E-state index in [1.807, 2.05) is 0 Å². The van der Waals surface area contributed by atoms with Crippen LogP contribution in [0.25, 0.3) is 11.6 Å². The Hall–Kier alpha value is -3.99. The first-order valence-electron chi connectivity index (χ1n) is 9.63. The summed E-state index contributed by atoms with van der Waals surface area (Å²) in [6.45, 7) is 4.50. The van der Waals surface area contributed by atoms with Crippen molar-refractivity contribution in [2.75, 3.05) is 11.9 Å². The van der Waals surface area contributed by atoms with Gasteiger partial charge in [0.25, 0.3) is 17.7 Å². The van der Waals surface area contributed by atoms with Gasteiger partial charge in [-0.2, -0.15) is 0 Å². The number of primary amides is 1. The van der Waals surface area contributed by atoms with Crippen LogP contribution in [0.5, 0.6) is 0 Å². The lowest BCUT2D eigenvalue weighted by Gasteiger charge is -2.21. The quantitative estimate of drug-likeness (QED) is 0.535. The number of rotatable bonds is 3. The Morgan fingerprint density at radius 3 is 2.69 bits per heavy atom. The fourth-order valence-corrected chi connectivity index (χ4v) is 3.81. The van der Waals surface area contributed by atoms with Crippen molar-refractivity contribution >= 4 is 41.1 Å². The summed E-state index contributed by atoms with van der Waals surface area (Å²) in [6, 6.07) is 2.91. The first-order chi connectivity index (χ1) is 15.0. The lowest BCUT2D eigenvalue weighted by Crippen LogP contribution is -2.54. The summed E-state index contributed by atoms with van der Waals surface area (Å²) in [7, 11) is 0. The van der Waals surface area contributed by atoms with Gasteiger partial charge in [-0.05, 0) is 50.6 Å². The molecule has 10 nitrogen and oxygen atoms in total. The number of hydrogen-bond acceptors (Lipinski definition) is 5. The predicted octanol–water partition coefficient (Wildman–Crippen LogP) is 1.60. The summed E-state index contributed by atoms with van der Waals surface area (Å²) in [4.78, 5) is 57.1. The number of carbonyl (C=O) groups is 4. The van der Waals surface area contributed by atoms with Crippen LogP contribution in [0.15, 0.2) is 18.2 Å². The molecule has 5 amide bonds. The van der Waals surface area contributed by atoms with Crippen LogP contribution in [0.2, 0.25) is 0 Å². The molecule has 1 fully saturated rings. The van der Waals surface area contributed by atoms with Gasteiger partial charge in [-0.3, -0.25) is 19.2 Å². The molecule has 1 aromatic heterocycles. The second-order valence-electron chi connectivity index (χ2n) is 7.86. The number of fused-ring (bicyclic) bond motifs is 1. The van der Waals surface area contributed by atoms with Crippen LogP contribution in [0.4, 0.5) is 14.9 Å². The topological polar surface area (TPSA) is 147 Å². The van der Waals surface area contributed by atoms with Gasteiger partial charge in [0.2, 0.25) is 0 Å². The smallest absolute Gasteiger partial charge is 0.346 e. The van der Waals surface area contributed by atoms with Crippen LogP contribution in [-0.2, 0) is 14.4 Å². The molecule has 166 valence electrons. The van der Waals surface area contributed by atoms with E-state index < -0.39 is 35.1 Å². The molecule has 2 aliphatic rings. The standard InChI is InChI=1S/C21H20FN5O5/c1-9-15(7-13-12-6-11(22)4-5-14(12)25-17(13)28)24-10(2)16(9)18(29)26-21(3)8-32-27(19(21)30)20(23)31/h4-7,24H,8H2,1-3H3,(H2,23,31)(H,25,28)(H,26,29)/b13-7-/t21-/m1/s1. The van der Waals surface area contributed by atoms with Crippen molar-refractivity contribution in [3.05, 3.63) is 52.1 Å². The number of halogens is 1. The Balaban J connectivity index is 1.65. The van der Waals surface area contributed by atoms with E-state index >= 15 is 0 Å². The molecule has 0 saturated carbocycles. The number of urea groups is 1. The Morgan fingerprint density at radius 2 is 2.03 bits per heavy atom. The summed E-state index contributed by atoms with van der Waals surface area (Å²) < 4.78 is 13.7. The zero-order chi connectivity index (χ0) is 23.4. The van der Waals surface area contributed by atoms with Crippen molar-refractivity contribution in [3.63, 3.8) is 0 Å². The maximum absolute atomic E-state index is 13.7. The number of anilines is 1. The minimum Gasteiger partial charge on any atom is -0.358 e. The number of hydroxylamine groups is 2. The Morgan fingerprint density at radius 1 is 1.31 bits per heavy atom. The normalized spacial score (nSPS) is 21.1. The van der Waals surface area contributed by atoms with Crippen molar-refractivity contribution in [1.82, 2.24) is 15.4 Å². The maximum atomic E-state index is 13.7. The van der Waals surface area contributed by atoms with Crippen molar-refractivity contribution in [1.29, 1.82) is 0 Å². The number of aromatic amines is 1. The van der Waals surface area contributed by atoms with E-state index in [4.69, 9.17) is 10.6 Å². The summed E-state index contributed by atoms with van der Waals surface area (Å²) >= 11 is 0. The molecular formula is C21H20FN5O5. The second-order valence-corrected chi connectivity index (χ2v) is 7.86. The summed E-state index contributed by atoms with van der Waals surface area (Å²) in [5, 5.41) is 5.67. The van der Waals surface area contributed by atoms with Crippen LogP contribution in [-0.4, -0.2) is 45.9 Å². The molecule has 0 unspecified atom stereocenters. The number of aryl methyl sites for hydroxylation is 1. The third-order valence-corrected chi connectivity index (χ3v) is 5.48. The predicted molar refractivity (Wildman–Crippen MR) is 111 cm³/mol. The summed E-state index contributed by atoms with van der Waals surface area (Å²) in [6.07, 6.45) is 1.54. The van der Waals surface area contributed by atoms with Gasteiger partial charge >= 0.3 is 6.03 Å². The van der Waals surface area contributed by atoms with E-state index in [0.717, 1.165) is 0 Å². The zero-order valence-corrected chi connectivity index (χ0v) is 17.5. The highest BCUT2D eigenvalue weighted by Crippen LogP contribution is 2.34. The van der Waals surface area contributed by atoms with Crippen molar-refractivity contribution < 1.29 is 28.4 Å². The molecule has 32 heavy (non-hydrogen) atoms. The molecule has 4 rings (SSSR count). The number of benzene rings is 1. The van der Waals surface area contributed by atoms with Gasteiger partial charge < -0.3 is 21.4 Å². The van der Waals surface area contributed by atoms with E-state index in [1.54, 1.807) is 19.9 Å². The Labute approximate surface area is 181 Å². The molecule has 0 bridgehead atoms. The highest BCUT2D eigenvalue weighted by atomic mass is 19.1. The number of carbonyl (C=O) groups excluding carboxylic acids is 4. The van der Waals surface area contributed by atoms with Gasteiger partial charge in [0.1, 0.15) is 18.0 Å². The lowest BCUT2D eigenvalue weighted by atomic mass is 10.0. The minimum atomic E-state index is -1.48. The molecule has 1 saturated heterocycles. The number of nitrogens with two attached hydrogens (primary N) is 1. The van der Waals surface area contributed by atoms with Gasteiger partial charge in [0.05, 0.1) is 11.1 Å². The largest absolute Gasteiger partial charge is 0.358 e. The van der Waals surface area contributed by atoms with E-state index in [9.17, 15) is 23.6 Å². The molecule has 2 aliphatic heterocycles. The van der Waals surface area contributed by atoms with Gasteiger partial charge in [0, 0.05) is 22.6 Å². The summed E-state index contributed by atoms with van der Waals surface area (Å²) in [5.74, 6) is -2.23. The average molecular weight is 441 g/mol. The average Bonchev–Trinajstić information content (AvgIpc) is 3.28. The van der Waals surface area contributed by atoms with Gasteiger partial charge in [-0.1, -0.05) is 0 Å². The number of nitrogens with zero attached hydrogens (tertiary/aromatic N) is 1. The number of nitrogens with one attached hydrogen (secondary N) is 3. The first kappa shape index (κ1) is 21.2. The minimum absolute atomic E-state index is 0.249. The van der Waals surface area contributed by atoms with Crippen molar-refractivity contribution in [2.45, 2.75) is 26.3 Å². The number of imide groups is 1. The fraction of sp³-hybridized carbons (Fsp3) is 0.238. The molecule has 2 aromatic rings. The first-order valence-corrected chi connectivity index (χ1v) is 9.63. The van der Waals surface area contributed by atoms with E-state index in [2.05, 4.69) is 15.6 Å². The molecule has 5 N–H and O–H groups in total. The van der Waals surface area contributed by atoms with E-state index in [0.29, 0.717) is 33.3 Å². The molecule has 0 radical (unpaired) electrons. The van der Waals surface area contributed by atoms with Crippen molar-refractivity contribution in [3.8, 4) is 0 Å². The molecule has 1 atom stereocenters. The molecule has 0 aliphatic carbocycles. The van der Waals surface area contributed by atoms with E-state index in [-0.39, 0.29) is 17.7 Å². The third kappa shape index (κ3) is 3.32. The number of hydrogen-bond donors (Lipinski definition) is 4. The highest BCUT2D eigenvalue weighted by molar-refractivity contribution is 6.35. The van der Waals surface area contributed by atoms with Crippen LogP contribution in [0.1, 0.15) is 39.8 Å². The van der Waals surface area contributed by atoms with Gasteiger partial charge in [0.15, 0.2) is 0 Å². The molecule has 3 heterocycles. The van der Waals surface area contributed by atoms with Gasteiger partial charge in [-0.25, -0.2) is 9.18 Å². The monoisotopic (exact) mass is 441 g/mol. The van der Waals surface area contributed by atoms with Gasteiger partial charge in [-0.15, -0.1) is 5.06 Å². The Bertz CT molecular complexity index is 1230. The Kier molecular flexibility index (Phi) is 4.85. The second kappa shape index (κ2) is 7.31. The molecule has 1 aromatic carbocycles. The number of H-pyrrole nitrogens is 1. The van der Waals surface area contributed by atoms with Crippen LogP contribution in [0.3, 0.4) is 0 Å².